The van der Waals surface area contributed by atoms with E-state index in [1.807, 2.05) is 29.9 Å². The second-order valence-electron chi connectivity index (χ2n) is 8.11. The van der Waals surface area contributed by atoms with Gasteiger partial charge >= 0.3 is 0 Å². The number of imidazole rings is 1. The molecule has 0 radical (unpaired) electrons. The Bertz CT molecular complexity index is 982. The Labute approximate surface area is 181 Å². The van der Waals surface area contributed by atoms with Crippen molar-refractivity contribution >= 4 is 0 Å². The first kappa shape index (κ1) is 21.3. The second kappa shape index (κ2) is 9.49. The molecule has 0 aliphatic carbocycles. The van der Waals surface area contributed by atoms with Gasteiger partial charge in [-0.1, -0.05) is 24.3 Å². The van der Waals surface area contributed by atoms with Gasteiger partial charge in [-0.25, -0.2) is 9.37 Å². The first-order valence-corrected chi connectivity index (χ1v) is 10.5. The van der Waals surface area contributed by atoms with E-state index in [-0.39, 0.29) is 12.4 Å². The van der Waals surface area contributed by atoms with E-state index in [9.17, 15) is 9.50 Å². The summed E-state index contributed by atoms with van der Waals surface area (Å²) in [5.41, 5.74) is 0.263. The molecule has 2 heterocycles. The monoisotopic (exact) mass is 425 g/mol. The highest BCUT2D eigenvalue weighted by Gasteiger charge is 2.33. The van der Waals surface area contributed by atoms with Crippen molar-refractivity contribution in [2.24, 2.45) is 7.05 Å². The summed E-state index contributed by atoms with van der Waals surface area (Å²) in [5, 5.41) is 10.8. The molecule has 31 heavy (non-hydrogen) atoms. The molecule has 7 heteroatoms. The SMILES string of the molecule is Cn1ccnc1COc1ccc(CN2CCC(O)(COc3ccccc3F)CC2)cc1. The fourth-order valence-corrected chi connectivity index (χ4v) is 3.68. The van der Waals surface area contributed by atoms with Gasteiger partial charge in [-0.2, -0.15) is 0 Å². The van der Waals surface area contributed by atoms with Crippen LogP contribution >= 0.6 is 0 Å². The minimum atomic E-state index is -0.929. The Morgan fingerprint density at radius 3 is 2.48 bits per heavy atom. The maximum Gasteiger partial charge on any atom is 0.165 e. The third-order valence-corrected chi connectivity index (χ3v) is 5.74. The van der Waals surface area contributed by atoms with Crippen LogP contribution in [0.3, 0.4) is 0 Å². The second-order valence-corrected chi connectivity index (χ2v) is 8.11. The van der Waals surface area contributed by atoms with E-state index in [4.69, 9.17) is 9.47 Å². The van der Waals surface area contributed by atoms with Gasteiger partial charge in [0.15, 0.2) is 11.6 Å². The van der Waals surface area contributed by atoms with Crippen LogP contribution in [0.25, 0.3) is 0 Å². The number of aromatic nitrogens is 2. The van der Waals surface area contributed by atoms with E-state index in [0.29, 0.717) is 19.4 Å². The lowest BCUT2D eigenvalue weighted by atomic mass is 9.92. The van der Waals surface area contributed by atoms with E-state index in [1.165, 1.54) is 11.6 Å². The number of halogens is 1. The van der Waals surface area contributed by atoms with Crippen LogP contribution in [-0.2, 0) is 20.2 Å². The van der Waals surface area contributed by atoms with Gasteiger partial charge in [0.05, 0.1) is 0 Å². The fraction of sp³-hybridized carbons (Fsp3) is 0.375. The third-order valence-electron chi connectivity index (χ3n) is 5.74. The summed E-state index contributed by atoms with van der Waals surface area (Å²) < 4.78 is 27.0. The zero-order valence-electron chi connectivity index (χ0n) is 17.7. The average molecular weight is 426 g/mol. The number of hydrogen-bond acceptors (Lipinski definition) is 5. The normalized spacial score (nSPS) is 16.2. The van der Waals surface area contributed by atoms with Crippen LogP contribution < -0.4 is 9.47 Å². The number of aliphatic hydroxyl groups is 1. The topological polar surface area (TPSA) is 59.8 Å². The first-order chi connectivity index (χ1) is 15.0. The predicted molar refractivity (Wildman–Crippen MR) is 115 cm³/mol. The van der Waals surface area contributed by atoms with Crippen molar-refractivity contribution in [2.45, 2.75) is 31.6 Å². The first-order valence-electron chi connectivity index (χ1n) is 10.5. The van der Waals surface area contributed by atoms with Crippen molar-refractivity contribution in [3.8, 4) is 11.5 Å². The number of hydrogen-bond donors (Lipinski definition) is 1. The maximum atomic E-state index is 13.7. The van der Waals surface area contributed by atoms with Crippen molar-refractivity contribution in [3.05, 3.63) is 78.1 Å². The lowest BCUT2D eigenvalue weighted by Gasteiger charge is -2.38. The fourth-order valence-electron chi connectivity index (χ4n) is 3.68. The average Bonchev–Trinajstić information content (AvgIpc) is 3.19. The van der Waals surface area contributed by atoms with Crippen molar-refractivity contribution in [1.29, 1.82) is 0 Å². The molecular weight excluding hydrogens is 397 g/mol. The van der Waals surface area contributed by atoms with Gasteiger partial charge in [-0.05, 0) is 42.7 Å². The number of rotatable bonds is 8. The molecule has 0 amide bonds. The summed E-state index contributed by atoms with van der Waals surface area (Å²) in [4.78, 5) is 6.56. The van der Waals surface area contributed by atoms with E-state index >= 15 is 0 Å². The number of likely N-dealkylation sites (tertiary alicyclic amines) is 1. The molecule has 2 aromatic carbocycles. The summed E-state index contributed by atoms with van der Waals surface area (Å²) in [6.45, 7) is 2.86. The van der Waals surface area contributed by atoms with Gasteiger partial charge < -0.3 is 19.1 Å². The summed E-state index contributed by atoms with van der Waals surface area (Å²) in [6.07, 6.45) is 4.83. The molecule has 3 aromatic rings. The van der Waals surface area contributed by atoms with Crippen LogP contribution in [0.2, 0.25) is 0 Å². The molecule has 0 saturated carbocycles. The van der Waals surface area contributed by atoms with Gasteiger partial charge in [-0.3, -0.25) is 4.90 Å². The molecule has 0 unspecified atom stereocenters. The van der Waals surface area contributed by atoms with Crippen LogP contribution in [0.15, 0.2) is 60.9 Å². The maximum absolute atomic E-state index is 13.7. The van der Waals surface area contributed by atoms with Crippen LogP contribution in [0.4, 0.5) is 4.39 Å². The lowest BCUT2D eigenvalue weighted by Crippen LogP contribution is -2.47. The highest BCUT2D eigenvalue weighted by molar-refractivity contribution is 5.27. The zero-order valence-corrected chi connectivity index (χ0v) is 17.7. The molecule has 4 rings (SSSR count). The largest absolute Gasteiger partial charge is 0.488 e. The molecule has 6 nitrogen and oxygen atoms in total. The molecule has 1 saturated heterocycles. The van der Waals surface area contributed by atoms with E-state index in [0.717, 1.165) is 31.2 Å². The van der Waals surface area contributed by atoms with Crippen LogP contribution in [0.1, 0.15) is 24.2 Å². The van der Waals surface area contributed by atoms with E-state index < -0.39 is 11.4 Å². The summed E-state index contributed by atoms with van der Waals surface area (Å²) in [6, 6.07) is 14.4. The smallest absolute Gasteiger partial charge is 0.165 e. The minimum Gasteiger partial charge on any atom is -0.488 e. The number of ether oxygens (including phenoxy) is 2. The Balaban J connectivity index is 1.23. The highest BCUT2D eigenvalue weighted by atomic mass is 19.1. The Morgan fingerprint density at radius 1 is 1.06 bits per heavy atom. The summed E-state index contributed by atoms with van der Waals surface area (Å²) in [5.74, 6) is 1.47. The van der Waals surface area contributed by atoms with Gasteiger partial charge in [0, 0.05) is 39.1 Å². The summed E-state index contributed by atoms with van der Waals surface area (Å²) in [7, 11) is 1.94. The van der Waals surface area contributed by atoms with Gasteiger partial charge in [0.2, 0.25) is 0 Å². The van der Waals surface area contributed by atoms with Gasteiger partial charge in [0.25, 0.3) is 0 Å². The highest BCUT2D eigenvalue weighted by Crippen LogP contribution is 2.26. The number of benzene rings is 2. The van der Waals surface area contributed by atoms with Crippen molar-refractivity contribution in [2.75, 3.05) is 19.7 Å². The number of aryl methyl sites for hydroxylation is 1. The van der Waals surface area contributed by atoms with Gasteiger partial charge in [0.1, 0.15) is 30.4 Å². The molecule has 1 N–H and O–H groups in total. The molecule has 0 bridgehead atoms. The van der Waals surface area contributed by atoms with Gasteiger partial charge in [-0.15, -0.1) is 0 Å². The minimum absolute atomic E-state index is 0.101. The van der Waals surface area contributed by atoms with Crippen LogP contribution in [-0.4, -0.2) is 44.9 Å². The number of nitrogens with zero attached hydrogens (tertiary/aromatic N) is 3. The van der Waals surface area contributed by atoms with Crippen LogP contribution in [0.5, 0.6) is 11.5 Å². The third kappa shape index (κ3) is 5.62. The Kier molecular flexibility index (Phi) is 6.53. The molecule has 1 aliphatic heterocycles. The zero-order chi connectivity index (χ0) is 21.7. The number of para-hydroxylation sites is 1. The van der Waals surface area contributed by atoms with E-state index in [1.54, 1.807) is 24.4 Å². The molecule has 0 spiro atoms. The van der Waals surface area contributed by atoms with E-state index in [2.05, 4.69) is 22.0 Å². The quantitative estimate of drug-likeness (QED) is 0.598. The number of piperidine rings is 1. The molecule has 1 aromatic heterocycles. The predicted octanol–water partition coefficient (Wildman–Crippen LogP) is 3.54. The standard InChI is InChI=1S/C24H28FN3O3/c1-27-15-12-26-23(27)17-30-20-8-6-19(7-9-20)16-28-13-10-24(29,11-14-28)18-31-22-5-3-2-4-21(22)25/h2-9,12,15,29H,10-11,13-14,16-18H2,1H3. The summed E-state index contributed by atoms with van der Waals surface area (Å²) >= 11 is 0. The van der Waals surface area contributed by atoms with Crippen molar-refractivity contribution in [3.63, 3.8) is 0 Å². The molecule has 1 fully saturated rings. The Hall–Kier alpha value is -2.90. The molecule has 0 atom stereocenters. The molecule has 164 valence electrons. The Morgan fingerprint density at radius 2 is 1.81 bits per heavy atom. The lowest BCUT2D eigenvalue weighted by molar-refractivity contribution is -0.0543. The molecule has 1 aliphatic rings. The van der Waals surface area contributed by atoms with Crippen molar-refractivity contribution in [1.82, 2.24) is 14.5 Å². The van der Waals surface area contributed by atoms with Crippen molar-refractivity contribution < 1.29 is 19.0 Å². The van der Waals surface area contributed by atoms with Crippen LogP contribution in [0, 0.1) is 5.82 Å². The molecular formula is C24H28FN3O3.